The maximum absolute atomic E-state index is 13.0. The normalized spacial score (nSPS) is 14.1. The van der Waals surface area contributed by atoms with Crippen LogP contribution in [-0.2, 0) is 6.54 Å². The molecule has 1 fully saturated rings. The predicted octanol–water partition coefficient (Wildman–Crippen LogP) is 4.67. The lowest BCUT2D eigenvalue weighted by Gasteiger charge is -2.32. The molecule has 2 aromatic carbocycles. The molecular weight excluding hydrogens is 492 g/mol. The van der Waals surface area contributed by atoms with Crippen molar-refractivity contribution in [1.82, 2.24) is 24.8 Å². The van der Waals surface area contributed by atoms with Crippen LogP contribution in [0.1, 0.15) is 21.5 Å². The van der Waals surface area contributed by atoms with Crippen molar-refractivity contribution in [2.45, 2.75) is 13.5 Å². The molecule has 10 heteroatoms. The Kier molecular flexibility index (Phi) is 7.95. The first-order chi connectivity index (χ1) is 19.0. The van der Waals surface area contributed by atoms with Gasteiger partial charge in [0.15, 0.2) is 0 Å². The van der Waals surface area contributed by atoms with Crippen molar-refractivity contribution in [2.24, 2.45) is 5.29 Å². The molecule has 0 unspecified atom stereocenters. The Balaban J connectivity index is 1.30. The van der Waals surface area contributed by atoms with Gasteiger partial charge >= 0.3 is 0 Å². The summed E-state index contributed by atoms with van der Waals surface area (Å²) in [6.45, 7) is 6.94. The number of anilines is 3. The molecule has 1 aliphatic rings. The topological polar surface area (TPSA) is 107 Å². The van der Waals surface area contributed by atoms with Crippen LogP contribution in [0.5, 0.6) is 0 Å². The lowest BCUT2D eigenvalue weighted by atomic mass is 10.1. The molecular formula is C29H30N8O2. The Morgan fingerprint density at radius 1 is 1.03 bits per heavy atom. The Hall–Kier alpha value is -4.54. The summed E-state index contributed by atoms with van der Waals surface area (Å²) in [6.07, 6.45) is 4.93. The molecule has 0 atom stereocenters. The molecule has 2 aromatic heterocycles. The number of piperazine rings is 1. The van der Waals surface area contributed by atoms with Gasteiger partial charge in [-0.3, -0.25) is 14.7 Å². The van der Waals surface area contributed by atoms with Crippen molar-refractivity contribution < 1.29 is 4.79 Å². The second-order valence-electron chi connectivity index (χ2n) is 9.61. The van der Waals surface area contributed by atoms with E-state index in [-0.39, 0.29) is 11.9 Å². The van der Waals surface area contributed by atoms with Crippen LogP contribution in [-0.4, -0.2) is 63.9 Å². The highest BCUT2D eigenvalue weighted by atomic mass is 16.3. The van der Waals surface area contributed by atoms with Crippen LogP contribution in [0.2, 0.25) is 0 Å². The zero-order valence-corrected chi connectivity index (χ0v) is 22.0. The first-order valence-electron chi connectivity index (χ1n) is 12.8. The third-order valence-corrected chi connectivity index (χ3v) is 6.78. The van der Waals surface area contributed by atoms with E-state index >= 15 is 0 Å². The number of amides is 1. The largest absolute Gasteiger partial charge is 0.322 e. The fourth-order valence-corrected chi connectivity index (χ4v) is 4.46. The number of nitrogens with one attached hydrogen (secondary N) is 1. The van der Waals surface area contributed by atoms with Crippen LogP contribution in [0.15, 0.2) is 84.5 Å². The highest BCUT2D eigenvalue weighted by molar-refractivity contribution is 6.04. The van der Waals surface area contributed by atoms with E-state index in [0.29, 0.717) is 22.6 Å². The number of hydrogen-bond acceptors (Lipinski definition) is 8. The number of aryl methyl sites for hydroxylation is 1. The minimum Gasteiger partial charge on any atom is -0.322 e. The first-order valence-corrected chi connectivity index (χ1v) is 12.8. The second-order valence-corrected chi connectivity index (χ2v) is 9.61. The third kappa shape index (κ3) is 6.31. The molecule has 3 heterocycles. The van der Waals surface area contributed by atoms with E-state index in [0.717, 1.165) is 48.9 Å². The molecule has 1 aliphatic heterocycles. The Morgan fingerprint density at radius 3 is 2.54 bits per heavy atom. The number of rotatable bonds is 8. The average molecular weight is 523 g/mol. The smallest absolute Gasteiger partial charge is 0.255 e. The zero-order valence-electron chi connectivity index (χ0n) is 22.0. The van der Waals surface area contributed by atoms with E-state index in [9.17, 15) is 9.70 Å². The SMILES string of the molecule is Cc1ccc(NC(=O)c2ccc(CN3CCN(C)CC3)cc2)cc1N(N=O)c1nccc(-c2cccnc2)n1. The van der Waals surface area contributed by atoms with E-state index in [2.05, 4.69) is 42.4 Å². The van der Waals surface area contributed by atoms with Crippen LogP contribution in [0.25, 0.3) is 11.3 Å². The summed E-state index contributed by atoms with van der Waals surface area (Å²) in [7, 11) is 2.14. The van der Waals surface area contributed by atoms with Crippen LogP contribution in [0.3, 0.4) is 0 Å². The Morgan fingerprint density at radius 2 is 1.82 bits per heavy atom. The lowest BCUT2D eigenvalue weighted by Crippen LogP contribution is -2.43. The minimum atomic E-state index is -0.239. The molecule has 1 saturated heterocycles. The first kappa shape index (κ1) is 26.1. The molecule has 0 aliphatic carbocycles. The summed E-state index contributed by atoms with van der Waals surface area (Å²) < 4.78 is 0. The number of nitrogens with zero attached hydrogens (tertiary/aromatic N) is 7. The van der Waals surface area contributed by atoms with Crippen molar-refractivity contribution in [2.75, 3.05) is 43.6 Å². The maximum atomic E-state index is 13.0. The summed E-state index contributed by atoms with van der Waals surface area (Å²) in [5, 5.41) is 7.24. The fourth-order valence-electron chi connectivity index (χ4n) is 4.46. The molecule has 1 amide bonds. The number of aromatic nitrogens is 3. The minimum absolute atomic E-state index is 0.119. The Bertz CT molecular complexity index is 1440. The average Bonchev–Trinajstić information content (AvgIpc) is 2.97. The maximum Gasteiger partial charge on any atom is 0.255 e. The van der Waals surface area contributed by atoms with Gasteiger partial charge in [-0.05, 0) is 67.6 Å². The van der Waals surface area contributed by atoms with E-state index in [4.69, 9.17) is 0 Å². The zero-order chi connectivity index (χ0) is 27.2. The number of carbonyl (C=O) groups is 1. The number of benzene rings is 2. The summed E-state index contributed by atoms with van der Waals surface area (Å²) in [6, 6.07) is 18.4. The molecule has 4 aromatic rings. The van der Waals surface area contributed by atoms with Gasteiger partial charge in [0, 0.05) is 68.1 Å². The molecule has 0 saturated carbocycles. The molecule has 0 spiro atoms. The Labute approximate surface area is 227 Å². The predicted molar refractivity (Wildman–Crippen MR) is 152 cm³/mol. The monoisotopic (exact) mass is 522 g/mol. The highest BCUT2D eigenvalue weighted by Crippen LogP contribution is 2.30. The molecule has 5 rings (SSSR count). The van der Waals surface area contributed by atoms with Gasteiger partial charge in [0.05, 0.1) is 16.7 Å². The lowest BCUT2D eigenvalue weighted by molar-refractivity contribution is 0.102. The van der Waals surface area contributed by atoms with Gasteiger partial charge in [-0.15, -0.1) is 4.91 Å². The molecule has 39 heavy (non-hydrogen) atoms. The van der Waals surface area contributed by atoms with Crippen molar-refractivity contribution in [3.8, 4) is 11.3 Å². The molecule has 0 radical (unpaired) electrons. The van der Waals surface area contributed by atoms with E-state index in [1.807, 2.05) is 49.4 Å². The summed E-state index contributed by atoms with van der Waals surface area (Å²) in [5.74, 6) is -0.120. The van der Waals surface area contributed by atoms with E-state index in [1.54, 1.807) is 36.8 Å². The second kappa shape index (κ2) is 11.9. The molecule has 198 valence electrons. The van der Waals surface area contributed by atoms with Crippen LogP contribution in [0, 0.1) is 11.8 Å². The standard InChI is InChI=1S/C29H30N8O2/c1-21-5-10-25(32-28(38)23-8-6-22(7-9-23)20-36-16-14-35(2)15-17-36)18-27(21)37(34-39)29-31-13-11-26(33-29)24-4-3-12-30-19-24/h3-13,18-19H,14-17,20H2,1-2H3,(H,32,38). The van der Waals surface area contributed by atoms with Gasteiger partial charge in [0.25, 0.3) is 11.9 Å². The van der Waals surface area contributed by atoms with Gasteiger partial charge in [0.1, 0.15) is 0 Å². The number of pyridine rings is 1. The van der Waals surface area contributed by atoms with Crippen molar-refractivity contribution in [3.63, 3.8) is 0 Å². The van der Waals surface area contributed by atoms with E-state index in [1.165, 1.54) is 5.56 Å². The molecule has 10 nitrogen and oxygen atoms in total. The number of likely N-dealkylation sites (N-methyl/N-ethyl adjacent to an activating group) is 1. The van der Waals surface area contributed by atoms with Gasteiger partial charge in [0.2, 0.25) is 0 Å². The van der Waals surface area contributed by atoms with Crippen molar-refractivity contribution in [1.29, 1.82) is 0 Å². The van der Waals surface area contributed by atoms with Gasteiger partial charge in [-0.2, -0.15) is 5.01 Å². The van der Waals surface area contributed by atoms with Crippen LogP contribution < -0.4 is 10.3 Å². The number of nitroso groups, excluding NO2 is 1. The fraction of sp³-hybridized carbons (Fsp3) is 0.241. The van der Waals surface area contributed by atoms with E-state index < -0.39 is 0 Å². The van der Waals surface area contributed by atoms with Crippen LogP contribution >= 0.6 is 0 Å². The number of hydrogen-bond donors (Lipinski definition) is 1. The summed E-state index contributed by atoms with van der Waals surface area (Å²) in [4.78, 5) is 42.6. The van der Waals surface area contributed by atoms with Crippen molar-refractivity contribution in [3.05, 3.63) is 101 Å². The number of carbonyl (C=O) groups excluding carboxylic acids is 1. The quantitative estimate of drug-likeness (QED) is 0.263. The van der Waals surface area contributed by atoms with Gasteiger partial charge < -0.3 is 10.2 Å². The summed E-state index contributed by atoms with van der Waals surface area (Å²) in [5.41, 5.74) is 4.90. The summed E-state index contributed by atoms with van der Waals surface area (Å²) >= 11 is 0. The molecule has 1 N–H and O–H groups in total. The van der Waals surface area contributed by atoms with Gasteiger partial charge in [-0.1, -0.05) is 18.2 Å². The highest BCUT2D eigenvalue weighted by Gasteiger charge is 2.18. The van der Waals surface area contributed by atoms with Crippen molar-refractivity contribution >= 4 is 23.2 Å². The third-order valence-electron chi connectivity index (χ3n) is 6.78. The van der Waals surface area contributed by atoms with Gasteiger partial charge in [-0.25, -0.2) is 9.97 Å². The molecule has 0 bridgehead atoms. The van der Waals surface area contributed by atoms with Crippen LogP contribution in [0.4, 0.5) is 17.3 Å².